The van der Waals surface area contributed by atoms with Crippen molar-refractivity contribution in [1.82, 2.24) is 19.8 Å². The molecule has 214 valence electrons. The van der Waals surface area contributed by atoms with Crippen molar-refractivity contribution in [2.75, 3.05) is 70.8 Å². The zero-order chi connectivity index (χ0) is 28.6. The van der Waals surface area contributed by atoms with Crippen LogP contribution in [0.5, 0.6) is 17.2 Å². The highest BCUT2D eigenvalue weighted by atomic mass is 16.5. The highest BCUT2D eigenvalue weighted by Crippen LogP contribution is 2.41. The molecule has 0 unspecified atom stereocenters. The minimum Gasteiger partial charge on any atom is -0.493 e. The quantitative estimate of drug-likeness (QED) is 0.326. The lowest BCUT2D eigenvalue weighted by Crippen LogP contribution is -2.44. The molecular formula is C29H38N6O5. The van der Waals surface area contributed by atoms with Gasteiger partial charge in [0.05, 0.1) is 26.5 Å². The third-order valence-electron chi connectivity index (χ3n) is 6.83. The number of aromatic nitrogens is 2. The molecule has 0 spiro atoms. The normalized spacial score (nSPS) is 14.0. The van der Waals surface area contributed by atoms with Crippen LogP contribution >= 0.6 is 0 Å². The number of hydrogen-bond acceptors (Lipinski definition) is 9. The number of anilines is 4. The summed E-state index contributed by atoms with van der Waals surface area (Å²) in [5, 5.41) is 13.2. The Balaban J connectivity index is 1.51. The van der Waals surface area contributed by atoms with Crippen LogP contribution in [0.1, 0.15) is 17.5 Å². The van der Waals surface area contributed by atoms with Crippen LogP contribution in [0, 0.1) is 13.8 Å². The molecule has 0 bridgehead atoms. The third-order valence-corrected chi connectivity index (χ3v) is 6.83. The van der Waals surface area contributed by atoms with Crippen molar-refractivity contribution in [3.05, 3.63) is 53.7 Å². The zero-order valence-electron chi connectivity index (χ0n) is 23.8. The molecule has 1 aliphatic heterocycles. The molecule has 1 aliphatic rings. The molecule has 1 amide bonds. The van der Waals surface area contributed by atoms with Gasteiger partial charge in [0.15, 0.2) is 11.5 Å². The summed E-state index contributed by atoms with van der Waals surface area (Å²) >= 11 is 0. The Labute approximate surface area is 235 Å². The van der Waals surface area contributed by atoms with Crippen molar-refractivity contribution in [3.8, 4) is 17.2 Å². The number of rotatable bonds is 11. The number of nitrogens with one attached hydrogen (secondary N) is 1. The smallest absolute Gasteiger partial charge is 0.417 e. The summed E-state index contributed by atoms with van der Waals surface area (Å²) in [7, 11) is 5.28. The fourth-order valence-electron chi connectivity index (χ4n) is 4.69. The van der Waals surface area contributed by atoms with E-state index in [4.69, 9.17) is 14.2 Å². The van der Waals surface area contributed by atoms with Gasteiger partial charge in [-0.05, 0) is 38.9 Å². The first-order chi connectivity index (χ1) is 19.3. The first-order valence-corrected chi connectivity index (χ1v) is 13.3. The van der Waals surface area contributed by atoms with Gasteiger partial charge in [0.25, 0.3) is 0 Å². The van der Waals surface area contributed by atoms with Crippen LogP contribution in [0.4, 0.5) is 27.9 Å². The van der Waals surface area contributed by atoms with Gasteiger partial charge in [-0.1, -0.05) is 17.7 Å². The summed E-state index contributed by atoms with van der Waals surface area (Å²) in [5.74, 6) is 1.95. The van der Waals surface area contributed by atoms with Crippen LogP contribution in [0.3, 0.4) is 0 Å². The van der Waals surface area contributed by atoms with Crippen LogP contribution in [0.2, 0.25) is 0 Å². The average molecular weight is 551 g/mol. The maximum Gasteiger partial charge on any atom is 0.417 e. The molecule has 1 saturated heterocycles. The van der Waals surface area contributed by atoms with Crippen LogP contribution in [0.15, 0.2) is 42.6 Å². The number of benzene rings is 2. The van der Waals surface area contributed by atoms with E-state index < -0.39 is 6.09 Å². The first kappa shape index (κ1) is 28.9. The van der Waals surface area contributed by atoms with Crippen LogP contribution in [-0.4, -0.2) is 91.6 Å². The summed E-state index contributed by atoms with van der Waals surface area (Å²) in [6.07, 6.45) is 1.25. The lowest BCUT2D eigenvalue weighted by molar-refractivity contribution is 0.145. The minimum absolute atomic E-state index is 0.220. The van der Waals surface area contributed by atoms with E-state index in [2.05, 4.69) is 32.1 Å². The molecule has 3 aromatic rings. The Kier molecular flexibility index (Phi) is 9.62. The van der Waals surface area contributed by atoms with Crippen molar-refractivity contribution in [2.45, 2.75) is 20.3 Å². The van der Waals surface area contributed by atoms with Gasteiger partial charge in [-0.15, -0.1) is 0 Å². The summed E-state index contributed by atoms with van der Waals surface area (Å²) in [6.45, 7) is 9.61. The zero-order valence-corrected chi connectivity index (χ0v) is 23.8. The van der Waals surface area contributed by atoms with Gasteiger partial charge in [0.2, 0.25) is 11.7 Å². The number of piperazine rings is 1. The van der Waals surface area contributed by atoms with E-state index in [1.807, 2.05) is 26.0 Å². The van der Waals surface area contributed by atoms with E-state index in [-0.39, 0.29) is 11.8 Å². The van der Waals surface area contributed by atoms with E-state index >= 15 is 0 Å². The van der Waals surface area contributed by atoms with E-state index in [0.29, 0.717) is 35.2 Å². The predicted octanol–water partition coefficient (Wildman–Crippen LogP) is 4.69. The minimum atomic E-state index is -1.14. The molecule has 11 nitrogen and oxygen atoms in total. The number of nitrogens with zero attached hydrogens (tertiary/aromatic N) is 5. The molecule has 2 aromatic carbocycles. The van der Waals surface area contributed by atoms with Gasteiger partial charge in [-0.2, -0.15) is 4.98 Å². The summed E-state index contributed by atoms with van der Waals surface area (Å²) in [6, 6.07) is 10.7. The molecule has 1 aromatic heterocycles. The first-order valence-electron chi connectivity index (χ1n) is 13.3. The van der Waals surface area contributed by atoms with Crippen molar-refractivity contribution in [2.24, 2.45) is 0 Å². The highest BCUT2D eigenvalue weighted by molar-refractivity contribution is 5.94. The summed E-state index contributed by atoms with van der Waals surface area (Å²) in [5.41, 5.74) is 3.01. The topological polar surface area (TPSA) is 113 Å². The third kappa shape index (κ3) is 7.10. The fourth-order valence-corrected chi connectivity index (χ4v) is 4.69. The van der Waals surface area contributed by atoms with Crippen molar-refractivity contribution < 1.29 is 24.1 Å². The Hall–Kier alpha value is -4.09. The molecule has 4 rings (SSSR count). The second-order valence-corrected chi connectivity index (χ2v) is 9.83. The van der Waals surface area contributed by atoms with Gasteiger partial charge >= 0.3 is 6.09 Å². The maximum absolute atomic E-state index is 12.2. The number of amides is 1. The highest BCUT2D eigenvalue weighted by Gasteiger charge is 2.21. The molecule has 0 aliphatic carbocycles. The van der Waals surface area contributed by atoms with Gasteiger partial charge in [0.1, 0.15) is 5.82 Å². The fraction of sp³-hybridized carbons (Fsp3) is 0.414. The number of ether oxygens (including phenoxy) is 3. The van der Waals surface area contributed by atoms with Crippen LogP contribution < -0.4 is 24.4 Å². The standard InChI is InChI=1S/C29H38N6O5/c1-20-7-8-23(21(2)17-20)35(29(36)37)26-9-10-30-28(32-26)31-22-18-24(38-4)27(39-5)25(19-22)40-16-6-11-34-14-12-33(3)13-15-34/h7-10,17-19H,6,11-16H2,1-5H3,(H,36,37)(H,30,31,32). The second-order valence-electron chi connectivity index (χ2n) is 9.83. The molecule has 2 heterocycles. The number of likely N-dealkylation sites (N-methyl/N-ethyl adjacent to an activating group) is 1. The Morgan fingerprint density at radius 2 is 1.80 bits per heavy atom. The Morgan fingerprint density at radius 3 is 2.48 bits per heavy atom. The number of carboxylic acid groups (broad SMARTS) is 1. The van der Waals surface area contributed by atoms with Crippen molar-refractivity contribution in [1.29, 1.82) is 0 Å². The Morgan fingerprint density at radius 1 is 1.05 bits per heavy atom. The number of methoxy groups -OCH3 is 2. The van der Waals surface area contributed by atoms with Gasteiger partial charge in [-0.3, -0.25) is 0 Å². The predicted molar refractivity (Wildman–Crippen MR) is 155 cm³/mol. The molecule has 2 N–H and O–H groups in total. The number of aryl methyl sites for hydroxylation is 2. The van der Waals surface area contributed by atoms with Gasteiger partial charge in [0, 0.05) is 62.8 Å². The molecule has 0 saturated carbocycles. The van der Waals surface area contributed by atoms with Crippen LogP contribution in [-0.2, 0) is 0 Å². The molecule has 1 fully saturated rings. The number of carbonyl (C=O) groups is 1. The molecule has 40 heavy (non-hydrogen) atoms. The second kappa shape index (κ2) is 13.3. The van der Waals surface area contributed by atoms with Gasteiger partial charge < -0.3 is 34.4 Å². The van der Waals surface area contributed by atoms with Crippen molar-refractivity contribution in [3.63, 3.8) is 0 Å². The van der Waals surface area contributed by atoms with E-state index in [1.54, 1.807) is 38.5 Å². The summed E-state index contributed by atoms with van der Waals surface area (Å²) in [4.78, 5) is 27.0. The maximum atomic E-state index is 12.2. The van der Waals surface area contributed by atoms with E-state index in [0.717, 1.165) is 55.2 Å². The van der Waals surface area contributed by atoms with E-state index in [9.17, 15) is 9.90 Å². The van der Waals surface area contributed by atoms with E-state index in [1.165, 1.54) is 6.20 Å². The molecule has 0 radical (unpaired) electrons. The lowest BCUT2D eigenvalue weighted by Gasteiger charge is -2.32. The van der Waals surface area contributed by atoms with Crippen molar-refractivity contribution >= 4 is 29.2 Å². The summed E-state index contributed by atoms with van der Waals surface area (Å²) < 4.78 is 17.3. The molecule has 0 atom stereocenters. The monoisotopic (exact) mass is 550 g/mol. The Bertz CT molecular complexity index is 1310. The molecule has 11 heteroatoms. The lowest BCUT2D eigenvalue weighted by atomic mass is 10.1. The molecular weight excluding hydrogens is 512 g/mol. The largest absolute Gasteiger partial charge is 0.493 e. The SMILES string of the molecule is COc1cc(Nc2nccc(N(C(=O)O)c3ccc(C)cc3C)n2)cc(OCCCN2CCN(C)CC2)c1OC. The van der Waals surface area contributed by atoms with Crippen LogP contribution in [0.25, 0.3) is 0 Å². The van der Waals surface area contributed by atoms with Gasteiger partial charge in [-0.25, -0.2) is 14.7 Å². The average Bonchev–Trinajstić information content (AvgIpc) is 2.93. The number of hydrogen-bond donors (Lipinski definition) is 2.